The highest BCUT2D eigenvalue weighted by molar-refractivity contribution is 7.89. The van der Waals surface area contributed by atoms with Crippen LogP contribution in [0, 0.1) is 17.2 Å². The van der Waals surface area contributed by atoms with E-state index in [1.807, 2.05) is 6.07 Å². The van der Waals surface area contributed by atoms with Gasteiger partial charge in [-0.2, -0.15) is 9.57 Å². The van der Waals surface area contributed by atoms with Gasteiger partial charge in [0.1, 0.15) is 6.07 Å². The Labute approximate surface area is 121 Å². The first-order valence-corrected chi connectivity index (χ1v) is 7.60. The maximum Gasteiger partial charge on any atom is 0.307 e. The zero-order valence-electron chi connectivity index (χ0n) is 10.3. The second kappa shape index (κ2) is 5.40. The first-order chi connectivity index (χ1) is 9.36. The molecule has 20 heavy (non-hydrogen) atoms. The van der Waals surface area contributed by atoms with Gasteiger partial charge in [0.05, 0.1) is 21.4 Å². The lowest BCUT2D eigenvalue weighted by atomic mass is 10.1. The molecule has 0 bridgehead atoms. The molecular formula is C12H11ClN2O4S. The lowest BCUT2D eigenvalue weighted by Gasteiger charge is -2.16. The van der Waals surface area contributed by atoms with E-state index in [2.05, 4.69) is 0 Å². The molecular weight excluding hydrogens is 304 g/mol. The first-order valence-electron chi connectivity index (χ1n) is 5.79. The molecule has 0 radical (unpaired) electrons. The van der Waals surface area contributed by atoms with Crippen LogP contribution in [0.1, 0.15) is 12.0 Å². The van der Waals surface area contributed by atoms with Crippen LogP contribution in [0.2, 0.25) is 5.02 Å². The van der Waals surface area contributed by atoms with Crippen molar-refractivity contribution in [2.75, 3.05) is 13.1 Å². The Morgan fingerprint density at radius 1 is 1.50 bits per heavy atom. The van der Waals surface area contributed by atoms with Crippen molar-refractivity contribution in [1.82, 2.24) is 4.31 Å². The number of hydrogen-bond acceptors (Lipinski definition) is 4. The predicted molar refractivity (Wildman–Crippen MR) is 70.7 cm³/mol. The van der Waals surface area contributed by atoms with E-state index in [0.717, 1.165) is 4.31 Å². The third kappa shape index (κ3) is 2.63. The second-order valence-corrected chi connectivity index (χ2v) is 6.79. The lowest BCUT2D eigenvalue weighted by molar-refractivity contribution is -0.141. The summed E-state index contributed by atoms with van der Waals surface area (Å²) in [6.07, 6.45) is 0.285. The second-order valence-electron chi connectivity index (χ2n) is 4.44. The SMILES string of the molecule is N#Cc1cc(S(=O)(=O)N2CCC(C(=O)O)C2)ccc1Cl. The third-order valence-corrected chi connectivity index (χ3v) is 5.39. The molecule has 1 atom stereocenters. The Morgan fingerprint density at radius 2 is 2.20 bits per heavy atom. The quantitative estimate of drug-likeness (QED) is 0.906. The number of halogens is 1. The van der Waals surface area contributed by atoms with Gasteiger partial charge in [-0.15, -0.1) is 0 Å². The smallest absolute Gasteiger partial charge is 0.307 e. The summed E-state index contributed by atoms with van der Waals surface area (Å²) in [5, 5.41) is 17.9. The molecule has 0 aromatic heterocycles. The molecule has 1 heterocycles. The van der Waals surface area contributed by atoms with Crippen LogP contribution < -0.4 is 0 Å². The summed E-state index contributed by atoms with van der Waals surface area (Å²) in [7, 11) is -3.79. The van der Waals surface area contributed by atoms with Crippen molar-refractivity contribution in [3.63, 3.8) is 0 Å². The highest BCUT2D eigenvalue weighted by Crippen LogP contribution is 2.26. The van der Waals surface area contributed by atoms with E-state index in [1.165, 1.54) is 18.2 Å². The molecule has 1 saturated heterocycles. The number of carbonyl (C=O) groups is 1. The summed E-state index contributed by atoms with van der Waals surface area (Å²) in [4.78, 5) is 10.8. The van der Waals surface area contributed by atoms with Crippen molar-refractivity contribution in [2.45, 2.75) is 11.3 Å². The molecule has 1 aliphatic heterocycles. The monoisotopic (exact) mass is 314 g/mol. The van der Waals surface area contributed by atoms with E-state index in [-0.39, 0.29) is 35.0 Å². The number of nitriles is 1. The molecule has 8 heteroatoms. The normalized spacial score (nSPS) is 19.7. The molecule has 1 aromatic rings. The van der Waals surface area contributed by atoms with Crippen LogP contribution in [0.5, 0.6) is 0 Å². The number of aliphatic carboxylic acids is 1. The molecule has 1 unspecified atom stereocenters. The highest BCUT2D eigenvalue weighted by Gasteiger charge is 2.35. The summed E-state index contributed by atoms with van der Waals surface area (Å²) in [5.74, 6) is -1.69. The summed E-state index contributed by atoms with van der Waals surface area (Å²) < 4.78 is 25.8. The van der Waals surface area contributed by atoms with E-state index >= 15 is 0 Å². The molecule has 0 aliphatic carbocycles. The number of benzene rings is 1. The van der Waals surface area contributed by atoms with Gasteiger partial charge < -0.3 is 5.11 Å². The van der Waals surface area contributed by atoms with Crippen molar-refractivity contribution < 1.29 is 18.3 Å². The van der Waals surface area contributed by atoms with Gasteiger partial charge in [0.25, 0.3) is 0 Å². The van der Waals surface area contributed by atoms with Crippen molar-refractivity contribution in [3.05, 3.63) is 28.8 Å². The largest absolute Gasteiger partial charge is 0.481 e. The average Bonchev–Trinajstić information content (AvgIpc) is 2.89. The molecule has 1 aliphatic rings. The molecule has 106 valence electrons. The first kappa shape index (κ1) is 14.8. The third-order valence-electron chi connectivity index (χ3n) is 3.20. The molecule has 0 spiro atoms. The van der Waals surface area contributed by atoms with E-state index in [1.54, 1.807) is 0 Å². The van der Waals surface area contributed by atoms with Gasteiger partial charge in [-0.05, 0) is 24.6 Å². The van der Waals surface area contributed by atoms with Crippen LogP contribution in [-0.2, 0) is 14.8 Å². The fourth-order valence-electron chi connectivity index (χ4n) is 2.05. The Kier molecular flexibility index (Phi) is 3.99. The standard InChI is InChI=1S/C12H11ClN2O4S/c13-11-2-1-10(5-9(11)6-14)20(18,19)15-4-3-8(7-15)12(16)17/h1-2,5,8H,3-4,7H2,(H,16,17). The van der Waals surface area contributed by atoms with Gasteiger partial charge in [-0.1, -0.05) is 11.6 Å². The molecule has 6 nitrogen and oxygen atoms in total. The van der Waals surface area contributed by atoms with Crippen LogP contribution in [0.15, 0.2) is 23.1 Å². The summed E-state index contributed by atoms with van der Waals surface area (Å²) in [5.41, 5.74) is 0.0710. The maximum atomic E-state index is 12.4. The van der Waals surface area contributed by atoms with E-state index < -0.39 is 21.9 Å². The highest BCUT2D eigenvalue weighted by atomic mass is 35.5. The number of carboxylic acid groups (broad SMARTS) is 1. The van der Waals surface area contributed by atoms with Gasteiger partial charge in [-0.3, -0.25) is 4.79 Å². The Bertz CT molecular complexity index is 696. The summed E-state index contributed by atoms with van der Waals surface area (Å²) in [6, 6.07) is 5.67. The number of hydrogen-bond donors (Lipinski definition) is 1. The van der Waals surface area contributed by atoms with Gasteiger partial charge in [-0.25, -0.2) is 8.42 Å². The summed E-state index contributed by atoms with van der Waals surface area (Å²) in [6.45, 7) is 0.103. The molecule has 1 N–H and O–H groups in total. The van der Waals surface area contributed by atoms with Crippen molar-refractivity contribution in [1.29, 1.82) is 5.26 Å². The number of nitrogens with zero attached hydrogens (tertiary/aromatic N) is 2. The summed E-state index contributed by atoms with van der Waals surface area (Å²) >= 11 is 5.76. The minimum absolute atomic E-state index is 0.0514. The van der Waals surface area contributed by atoms with Crippen molar-refractivity contribution in [3.8, 4) is 6.07 Å². The fourth-order valence-corrected chi connectivity index (χ4v) is 3.73. The topological polar surface area (TPSA) is 98.5 Å². The van der Waals surface area contributed by atoms with Gasteiger partial charge in [0.15, 0.2) is 0 Å². The van der Waals surface area contributed by atoms with Crippen LogP contribution >= 0.6 is 11.6 Å². The van der Waals surface area contributed by atoms with Crippen molar-refractivity contribution in [2.24, 2.45) is 5.92 Å². The molecule has 1 aromatic carbocycles. The average molecular weight is 315 g/mol. The number of carboxylic acids is 1. The minimum atomic E-state index is -3.79. The number of rotatable bonds is 3. The van der Waals surface area contributed by atoms with E-state index in [0.29, 0.717) is 0 Å². The van der Waals surface area contributed by atoms with Crippen LogP contribution in [-0.4, -0.2) is 36.9 Å². The van der Waals surface area contributed by atoms with Crippen LogP contribution in [0.25, 0.3) is 0 Å². The Balaban J connectivity index is 2.33. The maximum absolute atomic E-state index is 12.4. The molecule has 1 fully saturated rings. The predicted octanol–water partition coefficient (Wildman–Crippen LogP) is 1.31. The number of sulfonamides is 1. The molecule has 2 rings (SSSR count). The van der Waals surface area contributed by atoms with Gasteiger partial charge in [0, 0.05) is 13.1 Å². The van der Waals surface area contributed by atoms with Crippen LogP contribution in [0.4, 0.5) is 0 Å². The zero-order chi connectivity index (χ0) is 14.9. The van der Waals surface area contributed by atoms with E-state index in [4.69, 9.17) is 22.0 Å². The Morgan fingerprint density at radius 3 is 2.75 bits per heavy atom. The van der Waals surface area contributed by atoms with Crippen molar-refractivity contribution >= 4 is 27.6 Å². The minimum Gasteiger partial charge on any atom is -0.481 e. The van der Waals surface area contributed by atoms with E-state index in [9.17, 15) is 13.2 Å². The zero-order valence-corrected chi connectivity index (χ0v) is 11.9. The van der Waals surface area contributed by atoms with Crippen LogP contribution in [0.3, 0.4) is 0 Å². The molecule has 0 amide bonds. The molecule has 0 saturated carbocycles. The van der Waals surface area contributed by atoms with Gasteiger partial charge >= 0.3 is 5.97 Å². The Hall–Kier alpha value is -1.62. The fraction of sp³-hybridized carbons (Fsp3) is 0.333. The van der Waals surface area contributed by atoms with Gasteiger partial charge in [0.2, 0.25) is 10.0 Å². The lowest BCUT2D eigenvalue weighted by Crippen LogP contribution is -2.30.